The lowest BCUT2D eigenvalue weighted by molar-refractivity contribution is -0.191. The Balaban J connectivity index is 0.00000264. The second-order valence-electron chi connectivity index (χ2n) is 12.3. The van der Waals surface area contributed by atoms with Crippen molar-refractivity contribution in [2.45, 2.75) is 67.7 Å². The maximum atomic E-state index is 13.8. The molecule has 5 atom stereocenters. The van der Waals surface area contributed by atoms with Crippen molar-refractivity contribution in [3.8, 4) is 17.2 Å². The van der Waals surface area contributed by atoms with Gasteiger partial charge >= 0.3 is 0 Å². The van der Waals surface area contributed by atoms with Crippen LogP contribution in [0.25, 0.3) is 10.8 Å². The van der Waals surface area contributed by atoms with Gasteiger partial charge in [-0.25, -0.2) is 0 Å². The first-order valence-corrected chi connectivity index (χ1v) is 14.3. The molecule has 8 rings (SSSR count). The lowest BCUT2D eigenvalue weighted by Gasteiger charge is -2.64. The van der Waals surface area contributed by atoms with Crippen LogP contribution in [-0.2, 0) is 11.8 Å². The van der Waals surface area contributed by atoms with Gasteiger partial charge in [0.2, 0.25) is 0 Å². The van der Waals surface area contributed by atoms with E-state index in [1.165, 1.54) is 12.8 Å². The third kappa shape index (κ3) is 3.41. The lowest BCUT2D eigenvalue weighted by Crippen LogP contribution is -2.78. The van der Waals surface area contributed by atoms with Crippen LogP contribution in [0.4, 0.5) is 0 Å². The molecule has 1 saturated heterocycles. The number of likely N-dealkylation sites (tertiary alicyclic amines) is 1. The molecule has 3 aromatic rings. The van der Waals surface area contributed by atoms with Crippen LogP contribution in [-0.4, -0.2) is 65.0 Å². The second-order valence-corrected chi connectivity index (χ2v) is 12.3. The Hall–Kier alpha value is -3.00. The number of phenolic OH excluding ortho intramolecular Hbond substituents is 1. The fraction of sp³-hybridized carbons (Fsp3) is 0.469. The number of amides is 1. The van der Waals surface area contributed by atoms with E-state index in [1.54, 1.807) is 13.2 Å². The number of aromatic hydroxyl groups is 1. The largest absolute Gasteiger partial charge is 0.504 e. The molecule has 3 aliphatic carbocycles. The molecule has 40 heavy (non-hydrogen) atoms. The van der Waals surface area contributed by atoms with Gasteiger partial charge in [-0.05, 0) is 85.5 Å². The quantitative estimate of drug-likeness (QED) is 0.429. The number of hydrogen-bond donors (Lipinski definition) is 3. The van der Waals surface area contributed by atoms with E-state index in [4.69, 9.17) is 9.47 Å². The minimum atomic E-state index is -0.973. The van der Waals surface area contributed by atoms with Crippen molar-refractivity contribution in [1.82, 2.24) is 10.2 Å². The van der Waals surface area contributed by atoms with Gasteiger partial charge in [0.25, 0.3) is 5.91 Å². The van der Waals surface area contributed by atoms with E-state index in [0.29, 0.717) is 29.9 Å². The molecule has 3 aromatic carbocycles. The van der Waals surface area contributed by atoms with Crippen LogP contribution in [0.15, 0.2) is 48.5 Å². The third-order valence-electron chi connectivity index (χ3n) is 10.4. The second kappa shape index (κ2) is 9.00. The molecule has 1 spiro atoms. The molecule has 2 bridgehead atoms. The predicted octanol–water partition coefficient (Wildman–Crippen LogP) is 4.34. The van der Waals surface area contributed by atoms with Crippen LogP contribution < -0.4 is 14.8 Å². The van der Waals surface area contributed by atoms with Gasteiger partial charge in [-0.3, -0.25) is 9.69 Å². The molecule has 3 fully saturated rings. The summed E-state index contributed by atoms with van der Waals surface area (Å²) in [6.45, 7) is 1.92. The Morgan fingerprint density at radius 3 is 2.65 bits per heavy atom. The van der Waals surface area contributed by atoms with Gasteiger partial charge in [0, 0.05) is 18.2 Å². The third-order valence-corrected chi connectivity index (χ3v) is 10.4. The first-order chi connectivity index (χ1) is 18.9. The smallest absolute Gasteiger partial charge is 0.255 e. The number of piperidine rings is 1. The van der Waals surface area contributed by atoms with E-state index in [9.17, 15) is 15.0 Å². The first kappa shape index (κ1) is 25.9. The maximum absolute atomic E-state index is 13.8. The fourth-order valence-electron chi connectivity index (χ4n) is 8.44. The number of benzene rings is 3. The van der Waals surface area contributed by atoms with Crippen LogP contribution in [0.2, 0.25) is 0 Å². The highest BCUT2D eigenvalue weighted by molar-refractivity contribution is 6.01. The average molecular weight is 563 g/mol. The molecular weight excluding hydrogens is 528 g/mol. The number of phenols is 1. The van der Waals surface area contributed by atoms with Gasteiger partial charge in [-0.2, -0.15) is 0 Å². The highest BCUT2D eigenvalue weighted by atomic mass is 35.5. The molecule has 1 amide bonds. The topological polar surface area (TPSA) is 91.3 Å². The number of nitrogens with zero attached hydrogens (tertiary/aromatic N) is 1. The number of nitrogens with one attached hydrogen (secondary N) is 1. The Labute approximate surface area is 239 Å². The van der Waals surface area contributed by atoms with Crippen molar-refractivity contribution in [1.29, 1.82) is 0 Å². The standard InChI is InChI=1S/C32H34N2O5.ClH/c1-38-25-15-20-5-3-2-4-19(20)14-22(25)30(36)33-23-10-11-32(37)26-16-21-8-9-24(35)28-27(21)31(32,29(23)39-28)12-13-34(26)17-18-6-7-18;/h2-5,8-9,14-15,18,23,26,29,35,37H,6-7,10-13,16-17H2,1H3,(H,33,36);1H/t23-,26?,29+,31+,32-;/m1./s1. The van der Waals surface area contributed by atoms with Crippen molar-refractivity contribution >= 4 is 29.1 Å². The summed E-state index contributed by atoms with van der Waals surface area (Å²) < 4.78 is 12.2. The van der Waals surface area contributed by atoms with Crippen molar-refractivity contribution in [2.24, 2.45) is 5.92 Å². The molecule has 210 valence electrons. The van der Waals surface area contributed by atoms with E-state index in [2.05, 4.69) is 10.2 Å². The van der Waals surface area contributed by atoms with Crippen molar-refractivity contribution in [3.63, 3.8) is 0 Å². The molecule has 2 heterocycles. The molecule has 7 nitrogen and oxygen atoms in total. The summed E-state index contributed by atoms with van der Waals surface area (Å²) in [6.07, 6.45) is 4.77. The number of rotatable bonds is 5. The summed E-state index contributed by atoms with van der Waals surface area (Å²) in [4.78, 5) is 16.3. The van der Waals surface area contributed by atoms with E-state index in [-0.39, 0.29) is 36.1 Å². The zero-order valence-electron chi connectivity index (χ0n) is 22.6. The van der Waals surface area contributed by atoms with E-state index in [1.807, 2.05) is 42.5 Å². The van der Waals surface area contributed by atoms with Gasteiger partial charge in [-0.1, -0.05) is 30.3 Å². The Morgan fingerprint density at radius 1 is 1.12 bits per heavy atom. The number of fused-ring (bicyclic) bond motifs is 1. The summed E-state index contributed by atoms with van der Waals surface area (Å²) in [5, 5.41) is 28.8. The van der Waals surface area contributed by atoms with E-state index < -0.39 is 17.1 Å². The zero-order chi connectivity index (χ0) is 26.5. The monoisotopic (exact) mass is 562 g/mol. The Morgan fingerprint density at radius 2 is 1.90 bits per heavy atom. The van der Waals surface area contributed by atoms with Gasteiger partial charge in [0.15, 0.2) is 11.5 Å². The van der Waals surface area contributed by atoms with Crippen molar-refractivity contribution in [2.75, 3.05) is 20.2 Å². The van der Waals surface area contributed by atoms with Gasteiger partial charge in [0.1, 0.15) is 11.9 Å². The minimum Gasteiger partial charge on any atom is -0.504 e. The van der Waals surface area contributed by atoms with Crippen LogP contribution in [0.5, 0.6) is 17.2 Å². The Bertz CT molecular complexity index is 1520. The molecule has 2 aliphatic heterocycles. The number of aliphatic hydroxyl groups is 1. The predicted molar refractivity (Wildman–Crippen MR) is 154 cm³/mol. The summed E-state index contributed by atoms with van der Waals surface area (Å²) in [6, 6.07) is 15.1. The summed E-state index contributed by atoms with van der Waals surface area (Å²) in [5.74, 6) is 1.65. The average Bonchev–Trinajstić information content (AvgIpc) is 3.69. The summed E-state index contributed by atoms with van der Waals surface area (Å²) in [7, 11) is 1.58. The number of halogens is 1. The van der Waals surface area contributed by atoms with Crippen LogP contribution >= 0.6 is 12.4 Å². The number of hydrogen-bond acceptors (Lipinski definition) is 6. The highest BCUT2D eigenvalue weighted by Gasteiger charge is 2.73. The maximum Gasteiger partial charge on any atom is 0.255 e. The van der Waals surface area contributed by atoms with Gasteiger partial charge in [-0.15, -0.1) is 12.4 Å². The SMILES string of the molecule is COc1cc2ccccc2cc1C(=O)N[C@@H]1CC[C@@]2(O)C3Cc4ccc(O)c5c4[C@@]2(CCN3CC2CC2)[C@H]1O5.Cl. The van der Waals surface area contributed by atoms with Crippen molar-refractivity contribution < 1.29 is 24.5 Å². The normalized spacial score (nSPS) is 31.6. The Kier molecular flexibility index (Phi) is 5.84. The van der Waals surface area contributed by atoms with E-state index in [0.717, 1.165) is 53.7 Å². The number of carbonyl (C=O) groups is 1. The highest BCUT2D eigenvalue weighted by Crippen LogP contribution is 2.65. The lowest BCUT2D eigenvalue weighted by atomic mass is 9.48. The molecular formula is C32H35ClN2O5. The zero-order valence-corrected chi connectivity index (χ0v) is 23.4. The fourth-order valence-corrected chi connectivity index (χ4v) is 8.44. The van der Waals surface area contributed by atoms with Crippen LogP contribution in [0, 0.1) is 5.92 Å². The molecule has 0 radical (unpaired) electrons. The van der Waals surface area contributed by atoms with Crippen LogP contribution in [0.3, 0.4) is 0 Å². The van der Waals surface area contributed by atoms with Crippen molar-refractivity contribution in [3.05, 3.63) is 65.2 Å². The van der Waals surface area contributed by atoms with Gasteiger partial charge in [0.05, 0.1) is 29.7 Å². The van der Waals surface area contributed by atoms with Gasteiger partial charge < -0.3 is 25.0 Å². The van der Waals surface area contributed by atoms with Crippen LogP contribution in [0.1, 0.15) is 53.6 Å². The van der Waals surface area contributed by atoms with E-state index >= 15 is 0 Å². The summed E-state index contributed by atoms with van der Waals surface area (Å²) in [5.41, 5.74) is 0.972. The first-order valence-electron chi connectivity index (χ1n) is 14.3. The number of methoxy groups -OCH3 is 1. The molecule has 1 unspecified atom stereocenters. The molecule has 0 aromatic heterocycles. The molecule has 8 heteroatoms. The number of carbonyl (C=O) groups excluding carboxylic acids is 1. The molecule has 2 saturated carbocycles. The minimum absolute atomic E-state index is 0. The molecule has 5 aliphatic rings. The summed E-state index contributed by atoms with van der Waals surface area (Å²) >= 11 is 0. The number of ether oxygens (including phenoxy) is 2. The molecule has 3 N–H and O–H groups in total.